The largest absolute Gasteiger partial charge is 0.444 e. The summed E-state index contributed by atoms with van der Waals surface area (Å²) >= 11 is 0. The van der Waals surface area contributed by atoms with E-state index in [0.717, 1.165) is 18.8 Å². The number of amides is 1. The molecule has 0 heterocycles. The van der Waals surface area contributed by atoms with Gasteiger partial charge in [0.2, 0.25) is 0 Å². The molecule has 1 aliphatic rings. The van der Waals surface area contributed by atoms with Gasteiger partial charge >= 0.3 is 6.09 Å². The normalized spacial score (nSPS) is 20.2. The van der Waals surface area contributed by atoms with Crippen molar-refractivity contribution in [2.45, 2.75) is 91.2 Å². The van der Waals surface area contributed by atoms with E-state index in [9.17, 15) is 4.79 Å². The Balaban J connectivity index is 2.52. The van der Waals surface area contributed by atoms with Crippen molar-refractivity contribution in [1.29, 1.82) is 0 Å². The molecule has 1 amide bonds. The van der Waals surface area contributed by atoms with Gasteiger partial charge in [0.1, 0.15) is 5.60 Å². The lowest BCUT2D eigenvalue weighted by Crippen LogP contribution is -2.43. The van der Waals surface area contributed by atoms with Gasteiger partial charge in [0, 0.05) is 6.04 Å². The first-order valence-corrected chi connectivity index (χ1v) is 8.31. The summed E-state index contributed by atoms with van der Waals surface area (Å²) in [6, 6.07) is 0.248. The van der Waals surface area contributed by atoms with Gasteiger partial charge in [-0.25, -0.2) is 4.79 Å². The molecule has 1 N–H and O–H groups in total. The van der Waals surface area contributed by atoms with Gasteiger partial charge in [-0.05, 0) is 39.0 Å². The van der Waals surface area contributed by atoms with E-state index in [1.54, 1.807) is 0 Å². The molecular formula is C17H33NO2. The van der Waals surface area contributed by atoms with E-state index < -0.39 is 5.60 Å². The zero-order valence-corrected chi connectivity index (χ0v) is 14.0. The minimum atomic E-state index is -0.422. The number of carbonyl (C=O) groups is 1. The Bertz CT molecular complexity index is 290. The van der Waals surface area contributed by atoms with Crippen LogP contribution < -0.4 is 5.32 Å². The molecule has 3 nitrogen and oxygen atoms in total. The van der Waals surface area contributed by atoms with Gasteiger partial charge in [0.05, 0.1) is 0 Å². The van der Waals surface area contributed by atoms with E-state index >= 15 is 0 Å². The van der Waals surface area contributed by atoms with E-state index in [4.69, 9.17) is 4.74 Å². The molecule has 0 radical (unpaired) electrons. The zero-order valence-electron chi connectivity index (χ0n) is 14.0. The maximum absolute atomic E-state index is 12.0. The molecule has 0 aromatic carbocycles. The zero-order chi connectivity index (χ0) is 15.2. The first-order chi connectivity index (χ1) is 9.31. The summed E-state index contributed by atoms with van der Waals surface area (Å²) in [7, 11) is 0. The average molecular weight is 283 g/mol. The number of carbonyl (C=O) groups excluding carboxylic acids is 1. The summed E-state index contributed by atoms with van der Waals surface area (Å²) in [5, 5.41) is 3.11. The van der Waals surface area contributed by atoms with Crippen LogP contribution in [0.4, 0.5) is 4.79 Å². The van der Waals surface area contributed by atoms with Crippen molar-refractivity contribution in [2.24, 2.45) is 11.8 Å². The van der Waals surface area contributed by atoms with Crippen LogP contribution in [0.5, 0.6) is 0 Å². The van der Waals surface area contributed by atoms with Crippen LogP contribution in [0.3, 0.4) is 0 Å². The van der Waals surface area contributed by atoms with Crippen molar-refractivity contribution in [3.05, 3.63) is 0 Å². The molecule has 0 saturated heterocycles. The highest BCUT2D eigenvalue weighted by atomic mass is 16.6. The summed E-state index contributed by atoms with van der Waals surface area (Å²) in [5.74, 6) is 1.28. The molecule has 0 aromatic heterocycles. The predicted molar refractivity (Wildman–Crippen MR) is 83.8 cm³/mol. The van der Waals surface area contributed by atoms with Gasteiger partial charge in [0.15, 0.2) is 0 Å². The fourth-order valence-corrected chi connectivity index (χ4v) is 2.96. The minimum absolute atomic E-state index is 0.248. The van der Waals surface area contributed by atoms with Crippen LogP contribution in [0, 0.1) is 11.8 Å². The quantitative estimate of drug-likeness (QED) is 0.779. The standard InChI is InChI=1S/C17H33NO2/c1-6-13(2)15(12-14-10-8-7-9-11-14)18-16(19)20-17(3,4)5/h13-15H,6-12H2,1-5H3,(H,18,19)/t13?,15-/m0/s1. The van der Waals surface area contributed by atoms with E-state index in [1.807, 2.05) is 20.8 Å². The Kier molecular flexibility index (Phi) is 6.84. The number of hydrogen-bond donors (Lipinski definition) is 1. The highest BCUT2D eigenvalue weighted by Crippen LogP contribution is 2.29. The van der Waals surface area contributed by atoms with Crippen LogP contribution in [-0.2, 0) is 4.74 Å². The van der Waals surface area contributed by atoms with Crippen molar-refractivity contribution in [1.82, 2.24) is 5.32 Å². The number of hydrogen-bond acceptors (Lipinski definition) is 2. The number of ether oxygens (including phenoxy) is 1. The van der Waals surface area contributed by atoms with Gasteiger partial charge in [0.25, 0.3) is 0 Å². The predicted octanol–water partition coefficient (Wildman–Crippen LogP) is 4.90. The summed E-state index contributed by atoms with van der Waals surface area (Å²) in [5.41, 5.74) is -0.422. The molecule has 118 valence electrons. The molecule has 0 aliphatic heterocycles. The lowest BCUT2D eigenvalue weighted by Gasteiger charge is -2.31. The third-order valence-corrected chi connectivity index (χ3v) is 4.34. The smallest absolute Gasteiger partial charge is 0.407 e. The van der Waals surface area contributed by atoms with E-state index in [0.29, 0.717) is 5.92 Å². The summed E-state index contributed by atoms with van der Waals surface area (Å²) in [6.07, 6.45) is 8.66. The Labute approximate surface area is 124 Å². The van der Waals surface area contributed by atoms with Crippen molar-refractivity contribution in [3.8, 4) is 0 Å². The monoisotopic (exact) mass is 283 g/mol. The summed E-state index contributed by atoms with van der Waals surface area (Å²) in [6.45, 7) is 10.1. The molecule has 1 aliphatic carbocycles. The molecular weight excluding hydrogens is 250 g/mol. The van der Waals surface area contributed by atoms with Crippen molar-refractivity contribution in [3.63, 3.8) is 0 Å². The molecule has 1 fully saturated rings. The molecule has 1 rings (SSSR count). The van der Waals surface area contributed by atoms with E-state index in [-0.39, 0.29) is 12.1 Å². The first kappa shape index (κ1) is 17.3. The highest BCUT2D eigenvalue weighted by Gasteiger charge is 2.26. The molecule has 1 saturated carbocycles. The Morgan fingerprint density at radius 1 is 1.25 bits per heavy atom. The number of nitrogens with one attached hydrogen (secondary N) is 1. The summed E-state index contributed by atoms with van der Waals surface area (Å²) < 4.78 is 5.40. The van der Waals surface area contributed by atoms with Crippen LogP contribution in [0.1, 0.15) is 79.6 Å². The second kappa shape index (κ2) is 7.90. The summed E-state index contributed by atoms with van der Waals surface area (Å²) in [4.78, 5) is 12.0. The topological polar surface area (TPSA) is 38.3 Å². The lowest BCUT2D eigenvalue weighted by molar-refractivity contribution is 0.0474. The highest BCUT2D eigenvalue weighted by molar-refractivity contribution is 5.68. The fourth-order valence-electron chi connectivity index (χ4n) is 2.96. The van der Waals surface area contributed by atoms with Gasteiger partial charge in [-0.2, -0.15) is 0 Å². The Morgan fingerprint density at radius 2 is 1.85 bits per heavy atom. The third kappa shape index (κ3) is 6.62. The molecule has 3 heteroatoms. The molecule has 20 heavy (non-hydrogen) atoms. The average Bonchev–Trinajstić information content (AvgIpc) is 2.36. The van der Waals surface area contributed by atoms with E-state index in [2.05, 4.69) is 19.2 Å². The van der Waals surface area contributed by atoms with Gasteiger partial charge < -0.3 is 10.1 Å². The van der Waals surface area contributed by atoms with Crippen LogP contribution in [-0.4, -0.2) is 17.7 Å². The van der Waals surface area contributed by atoms with Gasteiger partial charge in [-0.1, -0.05) is 52.4 Å². The van der Waals surface area contributed by atoms with Crippen LogP contribution >= 0.6 is 0 Å². The van der Waals surface area contributed by atoms with Gasteiger partial charge in [-0.3, -0.25) is 0 Å². The van der Waals surface area contributed by atoms with Crippen LogP contribution in [0.15, 0.2) is 0 Å². The maximum Gasteiger partial charge on any atom is 0.407 e. The second-order valence-electron chi connectivity index (χ2n) is 7.38. The van der Waals surface area contributed by atoms with Crippen LogP contribution in [0.2, 0.25) is 0 Å². The molecule has 0 bridgehead atoms. The Hall–Kier alpha value is -0.730. The first-order valence-electron chi connectivity index (χ1n) is 8.31. The molecule has 0 spiro atoms. The van der Waals surface area contributed by atoms with Crippen molar-refractivity contribution < 1.29 is 9.53 Å². The SMILES string of the molecule is CCC(C)[C@H](CC1CCCCC1)NC(=O)OC(C)(C)C. The third-order valence-electron chi connectivity index (χ3n) is 4.34. The fraction of sp³-hybridized carbons (Fsp3) is 0.941. The number of rotatable bonds is 5. The van der Waals surface area contributed by atoms with Crippen LogP contribution in [0.25, 0.3) is 0 Å². The second-order valence-corrected chi connectivity index (χ2v) is 7.38. The Morgan fingerprint density at radius 3 is 2.35 bits per heavy atom. The lowest BCUT2D eigenvalue weighted by atomic mass is 9.81. The van der Waals surface area contributed by atoms with Crippen molar-refractivity contribution >= 4 is 6.09 Å². The number of alkyl carbamates (subject to hydrolysis) is 1. The minimum Gasteiger partial charge on any atom is -0.444 e. The molecule has 1 unspecified atom stereocenters. The molecule has 2 atom stereocenters. The molecule has 0 aromatic rings. The maximum atomic E-state index is 12.0. The van der Waals surface area contributed by atoms with Gasteiger partial charge in [-0.15, -0.1) is 0 Å². The van der Waals surface area contributed by atoms with E-state index in [1.165, 1.54) is 32.1 Å². The van der Waals surface area contributed by atoms with Crippen molar-refractivity contribution in [2.75, 3.05) is 0 Å².